The molecule has 3 fully saturated rings. The van der Waals surface area contributed by atoms with Gasteiger partial charge in [-0.15, -0.1) is 0 Å². The largest absolute Gasteiger partial charge is 0.478 e. The maximum atomic E-state index is 13.8. The molecule has 3 aromatic rings. The van der Waals surface area contributed by atoms with Gasteiger partial charge in [-0.3, -0.25) is 9.59 Å². The number of hydrogen-bond donors (Lipinski definition) is 1. The molecule has 178 valence electrons. The molecular formula is C23H18ClN5O5S. The Morgan fingerprint density at radius 1 is 1.26 bits per heavy atom. The van der Waals surface area contributed by atoms with Crippen LogP contribution < -0.4 is 9.64 Å². The fourth-order valence-corrected chi connectivity index (χ4v) is 6.44. The number of imide groups is 1. The predicted molar refractivity (Wildman–Crippen MR) is 124 cm³/mol. The number of amides is 2. The van der Waals surface area contributed by atoms with E-state index in [2.05, 4.69) is 19.8 Å². The lowest BCUT2D eigenvalue weighted by molar-refractivity contribution is -0.134. The van der Waals surface area contributed by atoms with E-state index in [-0.39, 0.29) is 25.1 Å². The maximum absolute atomic E-state index is 13.8. The minimum atomic E-state index is -1.21. The van der Waals surface area contributed by atoms with E-state index < -0.39 is 41.0 Å². The Labute approximate surface area is 208 Å². The summed E-state index contributed by atoms with van der Waals surface area (Å²) < 4.78 is 20.5. The molecule has 5 heterocycles. The summed E-state index contributed by atoms with van der Waals surface area (Å²) >= 11 is 6.77. The molecule has 1 aromatic carbocycles. The fraction of sp³-hybridized carbons (Fsp3) is 0.391. The van der Waals surface area contributed by atoms with Crippen molar-refractivity contribution in [2.75, 3.05) is 11.5 Å². The number of rotatable bonds is 5. The minimum Gasteiger partial charge on any atom is -0.478 e. The summed E-state index contributed by atoms with van der Waals surface area (Å²) in [6.07, 6.45) is 1.03. The molecule has 3 aliphatic rings. The first-order chi connectivity index (χ1) is 16.8. The van der Waals surface area contributed by atoms with Crippen LogP contribution in [0.15, 0.2) is 30.5 Å². The Hall–Kier alpha value is -3.17. The molecule has 0 saturated carbocycles. The highest BCUT2D eigenvalue weighted by molar-refractivity contribution is 7.00. The quantitative estimate of drug-likeness (QED) is 0.511. The number of anilines is 1. The van der Waals surface area contributed by atoms with Crippen LogP contribution in [0.2, 0.25) is 5.02 Å². The molecule has 2 unspecified atom stereocenters. The Balaban J connectivity index is 1.34. The summed E-state index contributed by atoms with van der Waals surface area (Å²) in [7, 11) is 0. The molecule has 6 rings (SSSR count). The number of aliphatic hydroxyl groups is 1. The predicted octanol–water partition coefficient (Wildman–Crippen LogP) is 2.48. The molecule has 5 atom stereocenters. The van der Waals surface area contributed by atoms with Crippen LogP contribution in [-0.4, -0.2) is 54.6 Å². The van der Waals surface area contributed by atoms with Gasteiger partial charge in [0.25, 0.3) is 0 Å². The lowest BCUT2D eigenvalue weighted by Crippen LogP contribution is -2.49. The van der Waals surface area contributed by atoms with Crippen molar-refractivity contribution in [2.24, 2.45) is 11.8 Å². The molecule has 0 radical (unpaired) electrons. The van der Waals surface area contributed by atoms with Gasteiger partial charge in [0.1, 0.15) is 22.7 Å². The van der Waals surface area contributed by atoms with Gasteiger partial charge in [0.15, 0.2) is 0 Å². The van der Waals surface area contributed by atoms with Crippen molar-refractivity contribution in [3.63, 3.8) is 0 Å². The van der Waals surface area contributed by atoms with Gasteiger partial charge in [0, 0.05) is 25.1 Å². The highest BCUT2D eigenvalue weighted by Gasteiger charge is 2.77. The van der Waals surface area contributed by atoms with Gasteiger partial charge < -0.3 is 14.6 Å². The monoisotopic (exact) mass is 511 g/mol. The van der Waals surface area contributed by atoms with Crippen LogP contribution in [0.1, 0.15) is 25.3 Å². The molecule has 2 bridgehead atoms. The number of nitriles is 1. The number of carbonyl (C=O) groups excluding carboxylic acids is 2. The highest BCUT2D eigenvalue weighted by atomic mass is 35.5. The Kier molecular flexibility index (Phi) is 4.88. The third kappa shape index (κ3) is 3.04. The molecule has 2 amide bonds. The number of carbonyl (C=O) groups is 2. The Morgan fingerprint density at radius 3 is 2.77 bits per heavy atom. The van der Waals surface area contributed by atoms with E-state index in [1.165, 1.54) is 12.3 Å². The second-order valence-electron chi connectivity index (χ2n) is 9.16. The number of aromatic nitrogens is 3. The molecule has 10 nitrogen and oxygen atoms in total. The van der Waals surface area contributed by atoms with Gasteiger partial charge in [-0.2, -0.15) is 14.0 Å². The van der Waals surface area contributed by atoms with Gasteiger partial charge in [-0.05, 0) is 25.1 Å². The standard InChI is InChI=1S/C23H18ClN5O5S/c1-22-14(30)8-23(34-22,6-7-33-15-5-3-12(24)10-26-15)17-16(22)20(31)29(21(17)32)13-4-2-11(9-25)18-19(13)28-35-27-18/h2-5,10,14,16-17,30H,6-8H2,1H3/t14-,16-,17?,22+,23?/m0/s1. The molecule has 1 N–H and O–H groups in total. The highest BCUT2D eigenvalue weighted by Crippen LogP contribution is 2.62. The van der Waals surface area contributed by atoms with Crippen molar-refractivity contribution in [1.29, 1.82) is 5.26 Å². The van der Waals surface area contributed by atoms with Gasteiger partial charge in [0.2, 0.25) is 17.7 Å². The molecule has 0 spiro atoms. The fourth-order valence-electron chi connectivity index (χ4n) is 5.76. The summed E-state index contributed by atoms with van der Waals surface area (Å²) in [5.41, 5.74) is -1.02. The molecule has 3 saturated heterocycles. The lowest BCUT2D eigenvalue weighted by atomic mass is 9.66. The normalized spacial score (nSPS) is 31.3. The first-order valence-electron chi connectivity index (χ1n) is 10.9. The molecule has 2 aromatic heterocycles. The van der Waals surface area contributed by atoms with Gasteiger partial charge in [-0.25, -0.2) is 9.88 Å². The summed E-state index contributed by atoms with van der Waals surface area (Å²) in [5, 5.41) is 20.7. The van der Waals surface area contributed by atoms with Crippen LogP contribution in [0.3, 0.4) is 0 Å². The third-order valence-electron chi connectivity index (χ3n) is 7.35. The first kappa shape index (κ1) is 22.3. The van der Waals surface area contributed by atoms with E-state index in [4.69, 9.17) is 21.1 Å². The number of aliphatic hydroxyl groups excluding tert-OH is 1. The van der Waals surface area contributed by atoms with Crippen molar-refractivity contribution >= 4 is 51.9 Å². The molecule has 12 heteroatoms. The van der Waals surface area contributed by atoms with Crippen molar-refractivity contribution in [3.05, 3.63) is 41.0 Å². The first-order valence-corrected chi connectivity index (χ1v) is 12.1. The van der Waals surface area contributed by atoms with E-state index in [0.29, 0.717) is 27.5 Å². The van der Waals surface area contributed by atoms with Gasteiger partial charge in [-0.1, -0.05) is 11.6 Å². The van der Waals surface area contributed by atoms with E-state index in [9.17, 15) is 20.0 Å². The van der Waals surface area contributed by atoms with Crippen molar-refractivity contribution in [1.82, 2.24) is 13.7 Å². The molecular weight excluding hydrogens is 494 g/mol. The summed E-state index contributed by atoms with van der Waals surface area (Å²) in [6.45, 7) is 1.85. The van der Waals surface area contributed by atoms with Crippen LogP contribution in [0.5, 0.6) is 5.88 Å². The average molecular weight is 512 g/mol. The zero-order valence-electron chi connectivity index (χ0n) is 18.3. The van der Waals surface area contributed by atoms with E-state index >= 15 is 0 Å². The zero-order chi connectivity index (χ0) is 24.5. The second-order valence-corrected chi connectivity index (χ2v) is 10.1. The van der Waals surface area contributed by atoms with Crippen LogP contribution in [0, 0.1) is 23.2 Å². The van der Waals surface area contributed by atoms with E-state index in [1.807, 2.05) is 0 Å². The van der Waals surface area contributed by atoms with Gasteiger partial charge >= 0.3 is 0 Å². The lowest BCUT2D eigenvalue weighted by Gasteiger charge is -2.33. The zero-order valence-corrected chi connectivity index (χ0v) is 19.9. The number of benzene rings is 1. The summed E-state index contributed by atoms with van der Waals surface area (Å²) in [5.74, 6) is -2.15. The molecule has 35 heavy (non-hydrogen) atoms. The van der Waals surface area contributed by atoms with Crippen molar-refractivity contribution < 1.29 is 24.2 Å². The van der Waals surface area contributed by atoms with Crippen molar-refractivity contribution in [3.8, 4) is 11.9 Å². The number of halogens is 1. The number of nitrogens with zero attached hydrogens (tertiary/aromatic N) is 5. The van der Waals surface area contributed by atoms with E-state index in [0.717, 1.165) is 16.6 Å². The summed E-state index contributed by atoms with van der Waals surface area (Å²) in [4.78, 5) is 32.7. The van der Waals surface area contributed by atoms with Crippen LogP contribution in [-0.2, 0) is 14.3 Å². The minimum absolute atomic E-state index is 0.166. The second kappa shape index (κ2) is 7.66. The van der Waals surface area contributed by atoms with E-state index in [1.54, 1.807) is 25.1 Å². The average Bonchev–Trinajstić information content (AvgIpc) is 3.55. The maximum Gasteiger partial charge on any atom is 0.240 e. The third-order valence-corrected chi connectivity index (χ3v) is 8.10. The van der Waals surface area contributed by atoms with Crippen LogP contribution >= 0.6 is 23.3 Å². The Bertz CT molecular complexity index is 1420. The number of fused-ring (bicyclic) bond motifs is 6. The number of hydrogen-bond acceptors (Lipinski definition) is 10. The summed E-state index contributed by atoms with van der Waals surface area (Å²) in [6, 6.07) is 8.42. The smallest absolute Gasteiger partial charge is 0.240 e. The number of pyridine rings is 1. The van der Waals surface area contributed by atoms with Crippen molar-refractivity contribution in [2.45, 2.75) is 37.1 Å². The topological polar surface area (TPSA) is 139 Å². The van der Waals surface area contributed by atoms with Crippen LogP contribution in [0.25, 0.3) is 11.0 Å². The Morgan fingerprint density at radius 2 is 2.03 bits per heavy atom. The molecule has 3 aliphatic heterocycles. The SMILES string of the molecule is C[C@@]12OC(CCOc3ccc(Cl)cn3)(C[C@@H]1O)C1C(=O)N(c3ccc(C#N)c4nsnc34)C(=O)[C@H]12. The van der Waals surface area contributed by atoms with Gasteiger partial charge in [0.05, 0.1) is 58.1 Å². The molecule has 0 aliphatic carbocycles. The number of ether oxygens (including phenoxy) is 2. The van der Waals surface area contributed by atoms with Crippen LogP contribution in [0.4, 0.5) is 5.69 Å².